The number of aromatic nitrogens is 2. The Morgan fingerprint density at radius 3 is 2.65 bits per heavy atom. The highest BCUT2D eigenvalue weighted by atomic mass is 16.6. The average molecular weight is 357 g/mol. The van der Waals surface area contributed by atoms with Crippen LogP contribution < -0.4 is 5.32 Å². The third kappa shape index (κ3) is 3.96. The fraction of sp³-hybridized carbons (Fsp3) is 0.550. The van der Waals surface area contributed by atoms with E-state index in [-0.39, 0.29) is 16.9 Å². The van der Waals surface area contributed by atoms with Gasteiger partial charge in [0.15, 0.2) is 0 Å². The number of benzene rings is 1. The fourth-order valence-electron chi connectivity index (χ4n) is 4.08. The fourth-order valence-corrected chi connectivity index (χ4v) is 4.08. The maximum absolute atomic E-state index is 12.8. The van der Waals surface area contributed by atoms with Crippen LogP contribution in [0.1, 0.15) is 55.6 Å². The van der Waals surface area contributed by atoms with E-state index >= 15 is 0 Å². The number of nitrogens with one attached hydrogen (secondary N) is 1. The first-order valence-corrected chi connectivity index (χ1v) is 9.06. The molecule has 0 saturated carbocycles. The smallest absolute Gasteiger partial charge is 0.221 e. The van der Waals surface area contributed by atoms with Gasteiger partial charge in [-0.15, -0.1) is 0 Å². The lowest BCUT2D eigenvalue weighted by Crippen LogP contribution is -2.46. The summed E-state index contributed by atoms with van der Waals surface area (Å²) in [4.78, 5) is 12.8. The van der Waals surface area contributed by atoms with Gasteiger partial charge >= 0.3 is 0 Å². The van der Waals surface area contributed by atoms with E-state index in [1.165, 1.54) is 11.1 Å². The van der Waals surface area contributed by atoms with Crippen molar-refractivity contribution in [1.29, 1.82) is 0 Å². The van der Waals surface area contributed by atoms with Gasteiger partial charge in [-0.05, 0) is 51.7 Å². The molecular formula is C20H27N3O3. The SMILES string of the molecule is Cc1ccccc1C1(CC(=O)NCc2nonc2C)CCOC(C)(C)C1. The molecule has 140 valence electrons. The van der Waals surface area contributed by atoms with E-state index < -0.39 is 0 Å². The average Bonchev–Trinajstić information content (AvgIpc) is 2.97. The molecule has 1 N–H and O–H groups in total. The molecule has 1 fully saturated rings. The van der Waals surface area contributed by atoms with Gasteiger partial charge in [0, 0.05) is 18.4 Å². The largest absolute Gasteiger partial charge is 0.376 e. The highest BCUT2D eigenvalue weighted by molar-refractivity contribution is 5.77. The van der Waals surface area contributed by atoms with Crippen molar-refractivity contribution in [2.24, 2.45) is 0 Å². The summed E-state index contributed by atoms with van der Waals surface area (Å²) < 4.78 is 10.6. The van der Waals surface area contributed by atoms with E-state index in [4.69, 9.17) is 9.37 Å². The number of ether oxygens (including phenoxy) is 1. The molecule has 6 heteroatoms. The van der Waals surface area contributed by atoms with Crippen LogP contribution in [-0.4, -0.2) is 28.4 Å². The van der Waals surface area contributed by atoms with Crippen LogP contribution in [0, 0.1) is 13.8 Å². The standard InChI is InChI=1S/C20H27N3O3/c1-14-7-5-6-8-16(14)20(9-10-25-19(3,4)13-20)11-18(24)21-12-17-15(2)22-26-23-17/h5-8H,9-13H2,1-4H3,(H,21,24). The first-order valence-electron chi connectivity index (χ1n) is 9.06. The molecule has 0 radical (unpaired) electrons. The summed E-state index contributed by atoms with van der Waals surface area (Å²) >= 11 is 0. The second-order valence-electron chi connectivity index (χ2n) is 7.88. The number of nitrogens with zero attached hydrogens (tertiary/aromatic N) is 2. The highest BCUT2D eigenvalue weighted by Crippen LogP contribution is 2.45. The molecular weight excluding hydrogens is 330 g/mol. The van der Waals surface area contributed by atoms with Crippen molar-refractivity contribution in [3.8, 4) is 0 Å². The monoisotopic (exact) mass is 357 g/mol. The topological polar surface area (TPSA) is 77.3 Å². The van der Waals surface area contributed by atoms with E-state index in [9.17, 15) is 4.79 Å². The molecule has 1 amide bonds. The van der Waals surface area contributed by atoms with E-state index in [1.54, 1.807) is 0 Å². The van der Waals surface area contributed by atoms with Gasteiger partial charge in [-0.2, -0.15) is 0 Å². The van der Waals surface area contributed by atoms with Gasteiger partial charge in [0.2, 0.25) is 5.91 Å². The first-order chi connectivity index (χ1) is 12.3. The summed E-state index contributed by atoms with van der Waals surface area (Å²) in [7, 11) is 0. The van der Waals surface area contributed by atoms with E-state index in [0.29, 0.717) is 31.0 Å². The molecule has 1 unspecified atom stereocenters. The number of hydrogen-bond donors (Lipinski definition) is 1. The summed E-state index contributed by atoms with van der Waals surface area (Å²) in [5.41, 5.74) is 3.34. The summed E-state index contributed by atoms with van der Waals surface area (Å²) in [6, 6.07) is 8.35. The molecule has 1 aliphatic rings. The third-order valence-electron chi connectivity index (χ3n) is 5.25. The van der Waals surface area contributed by atoms with Crippen molar-refractivity contribution in [2.75, 3.05) is 6.61 Å². The van der Waals surface area contributed by atoms with E-state index in [2.05, 4.69) is 54.6 Å². The second kappa shape index (κ2) is 7.19. The maximum atomic E-state index is 12.8. The van der Waals surface area contributed by atoms with Crippen LogP contribution in [-0.2, 0) is 21.5 Å². The Morgan fingerprint density at radius 1 is 1.23 bits per heavy atom. The van der Waals surface area contributed by atoms with Crippen LogP contribution in [0.2, 0.25) is 0 Å². The van der Waals surface area contributed by atoms with Gasteiger partial charge in [-0.3, -0.25) is 4.79 Å². The van der Waals surface area contributed by atoms with Crippen LogP contribution in [0.25, 0.3) is 0 Å². The Hall–Kier alpha value is -2.21. The van der Waals surface area contributed by atoms with Crippen molar-refractivity contribution >= 4 is 5.91 Å². The normalized spacial score (nSPS) is 22.2. The van der Waals surface area contributed by atoms with E-state index in [1.807, 2.05) is 13.0 Å². The zero-order valence-corrected chi connectivity index (χ0v) is 16.0. The van der Waals surface area contributed by atoms with Crippen LogP contribution >= 0.6 is 0 Å². The maximum Gasteiger partial charge on any atom is 0.221 e. The van der Waals surface area contributed by atoms with Gasteiger partial charge < -0.3 is 10.1 Å². The Kier molecular flexibility index (Phi) is 5.14. The molecule has 0 bridgehead atoms. The minimum atomic E-state index is -0.257. The lowest BCUT2D eigenvalue weighted by atomic mass is 9.66. The molecule has 1 aliphatic heterocycles. The highest BCUT2D eigenvalue weighted by Gasteiger charge is 2.44. The van der Waals surface area contributed by atoms with Crippen molar-refractivity contribution in [1.82, 2.24) is 15.6 Å². The molecule has 2 aromatic rings. The number of aryl methyl sites for hydroxylation is 2. The molecule has 26 heavy (non-hydrogen) atoms. The number of rotatable bonds is 5. The predicted molar refractivity (Wildman–Crippen MR) is 97.6 cm³/mol. The van der Waals surface area contributed by atoms with Gasteiger partial charge in [0.25, 0.3) is 0 Å². The summed E-state index contributed by atoms with van der Waals surface area (Å²) in [5, 5.41) is 10.5. The Balaban J connectivity index is 1.81. The van der Waals surface area contributed by atoms with Crippen molar-refractivity contribution in [2.45, 2.75) is 64.5 Å². The predicted octanol–water partition coefficient (Wildman–Crippen LogP) is 3.22. The quantitative estimate of drug-likeness (QED) is 0.889. The molecule has 0 aliphatic carbocycles. The lowest BCUT2D eigenvalue weighted by molar-refractivity contribution is -0.126. The molecule has 1 aromatic carbocycles. The van der Waals surface area contributed by atoms with E-state index in [0.717, 1.165) is 12.8 Å². The Morgan fingerprint density at radius 2 is 2.00 bits per heavy atom. The zero-order valence-electron chi connectivity index (χ0n) is 16.0. The second-order valence-corrected chi connectivity index (χ2v) is 7.88. The molecule has 3 rings (SSSR count). The van der Waals surface area contributed by atoms with Crippen LogP contribution in [0.4, 0.5) is 0 Å². The molecule has 1 aromatic heterocycles. The molecule has 2 heterocycles. The van der Waals surface area contributed by atoms with Crippen LogP contribution in [0.3, 0.4) is 0 Å². The van der Waals surface area contributed by atoms with Gasteiger partial charge in [0.1, 0.15) is 11.4 Å². The minimum absolute atomic E-state index is 0.00773. The Bertz CT molecular complexity index is 784. The van der Waals surface area contributed by atoms with Crippen molar-refractivity contribution in [3.63, 3.8) is 0 Å². The molecule has 1 saturated heterocycles. The lowest BCUT2D eigenvalue weighted by Gasteiger charge is -2.45. The molecule has 0 spiro atoms. The van der Waals surface area contributed by atoms with Crippen molar-refractivity contribution in [3.05, 3.63) is 46.8 Å². The van der Waals surface area contributed by atoms with Gasteiger partial charge in [0.05, 0.1) is 12.1 Å². The van der Waals surface area contributed by atoms with Gasteiger partial charge in [-0.25, -0.2) is 4.63 Å². The number of carbonyl (C=O) groups excluding carboxylic acids is 1. The third-order valence-corrected chi connectivity index (χ3v) is 5.25. The number of hydrogen-bond acceptors (Lipinski definition) is 5. The number of carbonyl (C=O) groups is 1. The summed E-state index contributed by atoms with van der Waals surface area (Å²) in [6.07, 6.45) is 2.07. The van der Waals surface area contributed by atoms with Crippen LogP contribution in [0.15, 0.2) is 28.9 Å². The first kappa shape index (κ1) is 18.6. The molecule has 6 nitrogen and oxygen atoms in total. The zero-order chi connectivity index (χ0) is 18.8. The Labute approximate surface area is 154 Å². The van der Waals surface area contributed by atoms with Crippen LogP contribution in [0.5, 0.6) is 0 Å². The minimum Gasteiger partial charge on any atom is -0.376 e. The summed E-state index contributed by atoms with van der Waals surface area (Å²) in [6.45, 7) is 9.11. The summed E-state index contributed by atoms with van der Waals surface area (Å²) in [5.74, 6) is 0.00773. The molecule has 1 atom stereocenters. The number of amides is 1. The van der Waals surface area contributed by atoms with Gasteiger partial charge in [-0.1, -0.05) is 34.6 Å². The van der Waals surface area contributed by atoms with Crippen molar-refractivity contribution < 1.29 is 14.2 Å².